The van der Waals surface area contributed by atoms with E-state index in [2.05, 4.69) is 10.2 Å². The molecule has 7 nitrogen and oxygen atoms in total. The van der Waals surface area contributed by atoms with Gasteiger partial charge in [-0.2, -0.15) is 9.40 Å². The highest BCUT2D eigenvalue weighted by Gasteiger charge is 2.37. The quantitative estimate of drug-likeness (QED) is 0.770. The number of sulfonamides is 1. The van der Waals surface area contributed by atoms with E-state index in [-0.39, 0.29) is 16.6 Å². The van der Waals surface area contributed by atoms with Gasteiger partial charge in [-0.3, -0.25) is 5.10 Å². The summed E-state index contributed by atoms with van der Waals surface area (Å²) in [5, 5.41) is 14.1. The topological polar surface area (TPSA) is 103 Å². The van der Waals surface area contributed by atoms with Crippen molar-refractivity contribution in [1.82, 2.24) is 14.5 Å². The maximum absolute atomic E-state index is 12.0. The molecule has 1 heterocycles. The number of carbonyl (C=O) groups is 1. The molecule has 8 heteroatoms. The van der Waals surface area contributed by atoms with Crippen LogP contribution in [0.1, 0.15) is 23.2 Å². The molecule has 1 fully saturated rings. The minimum Gasteiger partial charge on any atom is -0.478 e. The molecule has 1 saturated carbocycles. The summed E-state index contributed by atoms with van der Waals surface area (Å²) < 4.78 is 25.2. The van der Waals surface area contributed by atoms with Gasteiger partial charge in [0, 0.05) is 13.1 Å². The summed E-state index contributed by atoms with van der Waals surface area (Å²) in [6, 6.07) is -0.0186. The average Bonchev–Trinajstić information content (AvgIpc) is 2.92. The van der Waals surface area contributed by atoms with E-state index in [4.69, 9.17) is 5.11 Å². The molecular formula is C8H11N3O4S. The maximum atomic E-state index is 12.0. The first-order chi connectivity index (χ1) is 7.44. The van der Waals surface area contributed by atoms with Crippen molar-refractivity contribution in [1.29, 1.82) is 0 Å². The highest BCUT2D eigenvalue weighted by molar-refractivity contribution is 7.89. The number of aromatic carboxylic acids is 1. The molecule has 0 atom stereocenters. The Kier molecular flexibility index (Phi) is 2.47. The largest absolute Gasteiger partial charge is 0.478 e. The Hall–Kier alpha value is -1.41. The van der Waals surface area contributed by atoms with E-state index >= 15 is 0 Å². The van der Waals surface area contributed by atoms with Crippen LogP contribution in [0, 0.1) is 0 Å². The van der Waals surface area contributed by atoms with Gasteiger partial charge in [-0.05, 0) is 12.8 Å². The molecule has 0 amide bonds. The van der Waals surface area contributed by atoms with Gasteiger partial charge in [0.1, 0.15) is 5.56 Å². The molecule has 1 aliphatic carbocycles. The van der Waals surface area contributed by atoms with Crippen LogP contribution in [0.4, 0.5) is 0 Å². The minimum absolute atomic E-state index is 0.0186. The number of nitrogens with zero attached hydrogens (tertiary/aromatic N) is 2. The van der Waals surface area contributed by atoms with Crippen molar-refractivity contribution < 1.29 is 18.3 Å². The lowest BCUT2D eigenvalue weighted by molar-refractivity contribution is 0.0692. The van der Waals surface area contributed by atoms with Gasteiger partial charge in [-0.25, -0.2) is 13.2 Å². The highest BCUT2D eigenvalue weighted by atomic mass is 32.2. The SMILES string of the molecule is CN(C1CC1)S(=O)(=O)c1[nH]ncc1C(=O)O. The smallest absolute Gasteiger partial charge is 0.340 e. The summed E-state index contributed by atoms with van der Waals surface area (Å²) >= 11 is 0. The number of carboxylic acid groups (broad SMARTS) is 1. The molecule has 0 spiro atoms. The van der Waals surface area contributed by atoms with Crippen molar-refractivity contribution in [3.05, 3.63) is 11.8 Å². The first-order valence-electron chi connectivity index (χ1n) is 4.69. The summed E-state index contributed by atoms with van der Waals surface area (Å²) in [5.41, 5.74) is -0.326. The van der Waals surface area contributed by atoms with Crippen LogP contribution < -0.4 is 0 Å². The van der Waals surface area contributed by atoms with E-state index in [1.807, 2.05) is 0 Å². The van der Waals surface area contributed by atoms with Gasteiger partial charge < -0.3 is 5.11 Å². The van der Waals surface area contributed by atoms with E-state index in [1.54, 1.807) is 0 Å². The zero-order chi connectivity index (χ0) is 11.9. The molecule has 1 aromatic rings. The Bertz CT molecular complexity index is 517. The molecule has 2 rings (SSSR count). The van der Waals surface area contributed by atoms with E-state index < -0.39 is 16.0 Å². The lowest BCUT2D eigenvalue weighted by atomic mass is 10.4. The molecule has 1 aromatic heterocycles. The number of nitrogens with one attached hydrogen (secondary N) is 1. The fourth-order valence-corrected chi connectivity index (χ4v) is 2.88. The molecular weight excluding hydrogens is 234 g/mol. The number of H-pyrrole nitrogens is 1. The zero-order valence-electron chi connectivity index (χ0n) is 8.54. The Balaban J connectivity index is 2.42. The Labute approximate surface area is 92.1 Å². The average molecular weight is 245 g/mol. The third kappa shape index (κ3) is 1.69. The van der Waals surface area contributed by atoms with E-state index in [9.17, 15) is 13.2 Å². The molecule has 0 aliphatic heterocycles. The molecule has 1 aliphatic rings. The lowest BCUT2D eigenvalue weighted by Gasteiger charge is -2.15. The van der Waals surface area contributed by atoms with Crippen LogP contribution in [0.3, 0.4) is 0 Å². The highest BCUT2D eigenvalue weighted by Crippen LogP contribution is 2.30. The van der Waals surface area contributed by atoms with Gasteiger partial charge in [0.2, 0.25) is 0 Å². The van der Waals surface area contributed by atoms with Gasteiger partial charge in [0.15, 0.2) is 5.03 Å². The number of hydrogen-bond acceptors (Lipinski definition) is 4. The molecule has 0 unspecified atom stereocenters. The van der Waals surface area contributed by atoms with Gasteiger partial charge in [0.25, 0.3) is 10.0 Å². The van der Waals surface area contributed by atoms with E-state index in [0.717, 1.165) is 19.0 Å². The summed E-state index contributed by atoms with van der Waals surface area (Å²) in [6.45, 7) is 0. The second-order valence-electron chi connectivity index (χ2n) is 3.67. The van der Waals surface area contributed by atoms with Gasteiger partial charge in [-0.1, -0.05) is 0 Å². The Morgan fingerprint density at radius 3 is 2.75 bits per heavy atom. The Morgan fingerprint density at radius 1 is 1.62 bits per heavy atom. The van der Waals surface area contributed by atoms with Gasteiger partial charge >= 0.3 is 5.97 Å². The van der Waals surface area contributed by atoms with Crippen LogP contribution in [0.25, 0.3) is 0 Å². The summed E-state index contributed by atoms with van der Waals surface area (Å²) in [7, 11) is -2.33. The normalized spacial score (nSPS) is 16.6. The molecule has 2 N–H and O–H groups in total. The first kappa shape index (κ1) is 11.1. The maximum Gasteiger partial charge on any atom is 0.340 e. The van der Waals surface area contributed by atoms with Crippen molar-refractivity contribution in [3.63, 3.8) is 0 Å². The molecule has 0 aromatic carbocycles. The molecule has 0 bridgehead atoms. The van der Waals surface area contributed by atoms with Crippen molar-refractivity contribution in [2.24, 2.45) is 0 Å². The molecule has 88 valence electrons. The number of rotatable bonds is 4. The number of hydrogen-bond donors (Lipinski definition) is 2. The van der Waals surface area contributed by atoms with Crippen LogP contribution in [0.2, 0.25) is 0 Å². The third-order valence-corrected chi connectivity index (χ3v) is 4.42. The van der Waals surface area contributed by atoms with Crippen LogP contribution in [0.15, 0.2) is 11.2 Å². The Morgan fingerprint density at radius 2 is 2.25 bits per heavy atom. The summed E-state index contributed by atoms with van der Waals surface area (Å²) in [4.78, 5) is 10.8. The van der Waals surface area contributed by atoms with E-state index in [1.165, 1.54) is 11.4 Å². The second kappa shape index (κ2) is 3.56. The molecule has 16 heavy (non-hydrogen) atoms. The van der Waals surface area contributed by atoms with Crippen molar-refractivity contribution in [2.75, 3.05) is 7.05 Å². The van der Waals surface area contributed by atoms with Crippen LogP contribution in [-0.2, 0) is 10.0 Å². The minimum atomic E-state index is -3.77. The van der Waals surface area contributed by atoms with Crippen molar-refractivity contribution in [2.45, 2.75) is 23.9 Å². The van der Waals surface area contributed by atoms with Gasteiger partial charge in [0.05, 0.1) is 6.20 Å². The van der Waals surface area contributed by atoms with Crippen molar-refractivity contribution >= 4 is 16.0 Å². The van der Waals surface area contributed by atoms with Crippen LogP contribution in [0.5, 0.6) is 0 Å². The number of carboxylic acids is 1. The van der Waals surface area contributed by atoms with Crippen molar-refractivity contribution in [3.8, 4) is 0 Å². The lowest BCUT2D eigenvalue weighted by Crippen LogP contribution is -2.30. The monoisotopic (exact) mass is 245 g/mol. The predicted octanol–water partition coefficient (Wildman–Crippen LogP) is -0.109. The van der Waals surface area contributed by atoms with E-state index in [0.29, 0.717) is 0 Å². The summed E-state index contributed by atoms with van der Waals surface area (Å²) in [6.07, 6.45) is 2.62. The molecule has 0 radical (unpaired) electrons. The standard InChI is InChI=1S/C8H11N3O4S/c1-11(5-2-3-5)16(14,15)7-6(8(12)13)4-9-10-7/h4-5H,2-3H2,1H3,(H,9,10)(H,12,13). The third-order valence-electron chi connectivity index (χ3n) is 2.53. The number of aromatic nitrogens is 2. The first-order valence-corrected chi connectivity index (χ1v) is 6.13. The van der Waals surface area contributed by atoms with Gasteiger partial charge in [-0.15, -0.1) is 0 Å². The molecule has 0 saturated heterocycles. The van der Waals surface area contributed by atoms with Crippen LogP contribution >= 0.6 is 0 Å². The fourth-order valence-electron chi connectivity index (χ4n) is 1.40. The second-order valence-corrected chi connectivity index (χ2v) is 5.60. The van der Waals surface area contributed by atoms with Crippen LogP contribution in [-0.4, -0.2) is 47.1 Å². The predicted molar refractivity (Wildman–Crippen MR) is 53.5 cm³/mol. The number of aromatic amines is 1. The fraction of sp³-hybridized carbons (Fsp3) is 0.500. The zero-order valence-corrected chi connectivity index (χ0v) is 9.36. The summed E-state index contributed by atoms with van der Waals surface area (Å²) in [5.74, 6) is -1.31.